The van der Waals surface area contributed by atoms with Crippen molar-refractivity contribution in [1.29, 1.82) is 0 Å². The highest BCUT2D eigenvalue weighted by atomic mass is 31.2. The van der Waals surface area contributed by atoms with E-state index in [1.807, 2.05) is 0 Å². The Bertz CT molecular complexity index is 635. The first-order valence-corrected chi connectivity index (χ1v) is 8.88. The highest BCUT2D eigenvalue weighted by Gasteiger charge is 2.63. The number of benzene rings is 1. The Kier molecular flexibility index (Phi) is 4.06. The predicted molar refractivity (Wildman–Crippen MR) is 72.1 cm³/mol. The molecule has 0 fully saturated rings. The average molecular weight is 320 g/mol. The van der Waals surface area contributed by atoms with Crippen LogP contribution in [0.1, 0.15) is 11.1 Å². The van der Waals surface area contributed by atoms with Crippen LogP contribution < -0.4 is 0 Å². The lowest BCUT2D eigenvalue weighted by Crippen LogP contribution is -2.24. The van der Waals surface area contributed by atoms with Gasteiger partial charge in [0.15, 0.2) is 0 Å². The first kappa shape index (κ1) is 15.6. The summed E-state index contributed by atoms with van der Waals surface area (Å²) in [6.07, 6.45) is 2.39. The van der Waals surface area contributed by atoms with Crippen LogP contribution in [-0.2, 0) is 18.6 Å². The number of hydrogen-bond acceptors (Lipinski definition) is 4. The second-order valence-corrected chi connectivity index (χ2v) is 8.42. The van der Waals surface area contributed by atoms with Gasteiger partial charge in [-0.15, -0.1) is 0 Å². The maximum Gasteiger partial charge on any atom is 0.354 e. The number of hydrogen-bond donors (Lipinski definition) is 4. The molecular weight excluding hydrogens is 306 g/mol. The van der Waals surface area contributed by atoms with E-state index in [4.69, 9.17) is 5.11 Å². The largest absolute Gasteiger partial charge is 0.394 e. The summed E-state index contributed by atoms with van der Waals surface area (Å²) in [6, 6.07) is 6.12. The number of aliphatic hydroxyl groups is 1. The van der Waals surface area contributed by atoms with Gasteiger partial charge in [0.1, 0.15) is 0 Å². The standard InChI is InChI=1S/C11H14O7P2/c12-7-8-18-20(16,17)11(19(13,14)15)6-5-9-3-1-2-4-10(9)11/h1-6,12H,7-8H2,(H,16,17)(H2,13,14,15). The normalized spacial score (nSPS) is 24.4. The average Bonchev–Trinajstić information content (AvgIpc) is 2.77. The highest BCUT2D eigenvalue weighted by Crippen LogP contribution is 2.79. The van der Waals surface area contributed by atoms with Gasteiger partial charge in [0, 0.05) is 0 Å². The number of rotatable bonds is 5. The van der Waals surface area contributed by atoms with Crippen molar-refractivity contribution in [2.75, 3.05) is 13.2 Å². The van der Waals surface area contributed by atoms with Crippen LogP contribution in [0, 0.1) is 0 Å². The van der Waals surface area contributed by atoms with Crippen molar-refractivity contribution in [2.24, 2.45) is 0 Å². The lowest BCUT2D eigenvalue weighted by molar-refractivity contribution is 0.177. The fourth-order valence-electron chi connectivity index (χ4n) is 2.20. The summed E-state index contributed by atoms with van der Waals surface area (Å²) in [5.74, 6) is 0. The molecule has 0 amide bonds. The summed E-state index contributed by atoms with van der Waals surface area (Å²) in [4.78, 5) is 26.9. The molecule has 1 aromatic rings. The summed E-state index contributed by atoms with van der Waals surface area (Å²) in [6.45, 7) is -1.03. The van der Waals surface area contributed by atoms with E-state index in [9.17, 15) is 23.8 Å². The van der Waals surface area contributed by atoms with E-state index in [2.05, 4.69) is 4.52 Å². The van der Waals surface area contributed by atoms with Gasteiger partial charge in [-0.3, -0.25) is 9.13 Å². The molecule has 20 heavy (non-hydrogen) atoms. The molecule has 7 nitrogen and oxygen atoms in total. The summed E-state index contributed by atoms with van der Waals surface area (Å²) >= 11 is 0. The van der Waals surface area contributed by atoms with E-state index in [0.717, 1.165) is 6.08 Å². The van der Waals surface area contributed by atoms with Gasteiger partial charge >= 0.3 is 15.2 Å². The van der Waals surface area contributed by atoms with Crippen LogP contribution in [0.15, 0.2) is 30.3 Å². The minimum atomic E-state index is -5.04. The Morgan fingerprint density at radius 3 is 2.40 bits per heavy atom. The Morgan fingerprint density at radius 2 is 1.80 bits per heavy atom. The van der Waals surface area contributed by atoms with E-state index in [1.54, 1.807) is 12.1 Å². The van der Waals surface area contributed by atoms with Crippen LogP contribution in [0.4, 0.5) is 0 Å². The topological polar surface area (TPSA) is 124 Å². The molecule has 0 aliphatic heterocycles. The molecule has 2 rings (SSSR count). The zero-order valence-corrected chi connectivity index (χ0v) is 12.1. The molecule has 1 aromatic carbocycles. The third-order valence-corrected chi connectivity index (χ3v) is 7.69. The summed E-state index contributed by atoms with van der Waals surface area (Å²) in [7, 11) is -9.80. The van der Waals surface area contributed by atoms with Gasteiger partial charge < -0.3 is 24.3 Å². The molecule has 2 atom stereocenters. The van der Waals surface area contributed by atoms with Gasteiger partial charge in [-0.1, -0.05) is 30.3 Å². The van der Waals surface area contributed by atoms with Gasteiger partial charge in [-0.2, -0.15) is 0 Å². The van der Waals surface area contributed by atoms with Crippen LogP contribution in [0.2, 0.25) is 0 Å². The first-order chi connectivity index (χ1) is 9.26. The van der Waals surface area contributed by atoms with Crippen LogP contribution in [-0.4, -0.2) is 33.0 Å². The van der Waals surface area contributed by atoms with Gasteiger partial charge in [-0.25, -0.2) is 0 Å². The third kappa shape index (κ3) is 2.22. The molecule has 0 radical (unpaired) electrons. The molecule has 0 heterocycles. The maximum atomic E-state index is 12.4. The molecule has 0 spiro atoms. The fourth-order valence-corrected chi connectivity index (χ4v) is 5.77. The highest BCUT2D eigenvalue weighted by molar-refractivity contribution is 7.72. The molecular formula is C11H14O7P2. The van der Waals surface area contributed by atoms with Crippen molar-refractivity contribution in [3.63, 3.8) is 0 Å². The molecule has 1 aliphatic rings. The maximum absolute atomic E-state index is 12.4. The van der Waals surface area contributed by atoms with Crippen LogP contribution in [0.25, 0.3) is 6.08 Å². The number of aliphatic hydroxyl groups excluding tert-OH is 1. The molecule has 9 heteroatoms. The van der Waals surface area contributed by atoms with Gasteiger partial charge in [0.05, 0.1) is 13.2 Å². The Labute approximate surface area is 115 Å². The fraction of sp³-hybridized carbons (Fsp3) is 0.273. The second-order valence-electron chi connectivity index (χ2n) is 4.27. The van der Waals surface area contributed by atoms with Crippen LogP contribution in [0.3, 0.4) is 0 Å². The zero-order valence-electron chi connectivity index (χ0n) is 10.3. The zero-order chi connectivity index (χ0) is 15.0. The van der Waals surface area contributed by atoms with Crippen LogP contribution in [0.5, 0.6) is 0 Å². The van der Waals surface area contributed by atoms with E-state index in [0.29, 0.717) is 5.56 Å². The minimum Gasteiger partial charge on any atom is -0.394 e. The van der Waals surface area contributed by atoms with Crippen molar-refractivity contribution in [3.8, 4) is 0 Å². The van der Waals surface area contributed by atoms with Crippen molar-refractivity contribution in [3.05, 3.63) is 41.5 Å². The Morgan fingerprint density at radius 1 is 1.15 bits per heavy atom. The van der Waals surface area contributed by atoms with Gasteiger partial charge in [-0.05, 0) is 17.2 Å². The Hall–Kier alpha value is -0.780. The quantitative estimate of drug-likeness (QED) is 0.602. The number of allylic oxidation sites excluding steroid dienone is 1. The SMILES string of the molecule is O=P(O)(O)C1(P(=O)(O)OCCO)C=Cc2ccccc21. The molecule has 1 aliphatic carbocycles. The first-order valence-electron chi connectivity index (χ1n) is 5.69. The van der Waals surface area contributed by atoms with E-state index in [1.165, 1.54) is 18.2 Å². The van der Waals surface area contributed by atoms with E-state index < -0.39 is 33.3 Å². The van der Waals surface area contributed by atoms with E-state index in [-0.39, 0.29) is 5.56 Å². The monoisotopic (exact) mass is 320 g/mol. The van der Waals surface area contributed by atoms with Crippen molar-refractivity contribution >= 4 is 21.3 Å². The minimum absolute atomic E-state index is 0.0390. The molecule has 0 saturated heterocycles. The number of fused-ring (bicyclic) bond motifs is 1. The van der Waals surface area contributed by atoms with Crippen molar-refractivity contribution in [1.82, 2.24) is 0 Å². The molecule has 4 N–H and O–H groups in total. The Balaban J connectivity index is 2.65. The summed E-state index contributed by atoms with van der Waals surface area (Å²) in [5, 5.41) is 8.69. The second kappa shape index (κ2) is 5.20. The molecule has 2 unspecified atom stereocenters. The predicted octanol–water partition coefficient (Wildman–Crippen LogP) is 1.24. The van der Waals surface area contributed by atoms with Crippen molar-refractivity contribution < 1.29 is 33.4 Å². The summed E-state index contributed by atoms with van der Waals surface area (Å²) in [5.41, 5.74) is 0.481. The summed E-state index contributed by atoms with van der Waals surface area (Å²) < 4.78 is 28.9. The lowest BCUT2D eigenvalue weighted by Gasteiger charge is -2.33. The smallest absolute Gasteiger partial charge is 0.354 e. The molecule has 0 bridgehead atoms. The van der Waals surface area contributed by atoms with Gasteiger partial charge in [0.2, 0.25) is 4.90 Å². The molecule has 110 valence electrons. The lowest BCUT2D eigenvalue weighted by atomic mass is 10.1. The molecule has 0 saturated carbocycles. The van der Waals surface area contributed by atoms with Crippen LogP contribution >= 0.6 is 15.2 Å². The van der Waals surface area contributed by atoms with Gasteiger partial charge in [0.25, 0.3) is 0 Å². The van der Waals surface area contributed by atoms with Crippen molar-refractivity contribution in [2.45, 2.75) is 4.90 Å². The molecule has 0 aromatic heterocycles. The third-order valence-electron chi connectivity index (χ3n) is 3.08. The van der Waals surface area contributed by atoms with E-state index >= 15 is 0 Å².